The Morgan fingerprint density at radius 3 is 2.50 bits per heavy atom. The van der Waals surface area contributed by atoms with Crippen LogP contribution in [-0.2, 0) is 4.79 Å². The normalized spacial score (nSPS) is 13.4. The van der Waals surface area contributed by atoms with Gasteiger partial charge in [0.15, 0.2) is 5.69 Å². The van der Waals surface area contributed by atoms with Gasteiger partial charge in [0, 0.05) is 16.8 Å². The molecule has 0 aliphatic carbocycles. The maximum absolute atomic E-state index is 12.3. The molecule has 0 fully saturated rings. The van der Waals surface area contributed by atoms with Gasteiger partial charge in [0.2, 0.25) is 0 Å². The lowest BCUT2D eigenvalue weighted by atomic mass is 10.0. The lowest BCUT2D eigenvalue weighted by Gasteiger charge is -2.16. The molecule has 1 amide bonds. The SMILES string of the molecule is Cc1cc(C(=O)NC(C)C(C)C(=O)O)nn1-c1ccc(Cl)cc1Cl. The van der Waals surface area contributed by atoms with E-state index in [1.165, 1.54) is 6.92 Å². The Hall–Kier alpha value is -2.05. The Morgan fingerprint density at radius 2 is 1.92 bits per heavy atom. The Morgan fingerprint density at radius 1 is 1.25 bits per heavy atom. The number of aryl methyl sites for hydroxylation is 1. The first-order valence-electron chi connectivity index (χ1n) is 7.26. The number of nitrogens with zero attached hydrogens (tertiary/aromatic N) is 2. The van der Waals surface area contributed by atoms with E-state index in [9.17, 15) is 9.59 Å². The van der Waals surface area contributed by atoms with Gasteiger partial charge in [0.25, 0.3) is 5.91 Å². The summed E-state index contributed by atoms with van der Waals surface area (Å²) >= 11 is 12.1. The molecule has 2 rings (SSSR count). The molecule has 2 atom stereocenters. The van der Waals surface area contributed by atoms with E-state index in [2.05, 4.69) is 10.4 Å². The summed E-state index contributed by atoms with van der Waals surface area (Å²) in [6.45, 7) is 4.96. The molecule has 128 valence electrons. The number of carboxylic acids is 1. The van der Waals surface area contributed by atoms with Crippen molar-refractivity contribution >= 4 is 35.1 Å². The minimum atomic E-state index is -0.975. The van der Waals surface area contributed by atoms with Gasteiger partial charge >= 0.3 is 5.97 Å². The molecule has 0 bridgehead atoms. The average molecular weight is 370 g/mol. The fourth-order valence-electron chi connectivity index (χ4n) is 2.10. The largest absolute Gasteiger partial charge is 0.481 e. The number of aromatic nitrogens is 2. The van der Waals surface area contributed by atoms with E-state index < -0.39 is 23.8 Å². The van der Waals surface area contributed by atoms with Crippen molar-refractivity contribution in [2.24, 2.45) is 5.92 Å². The van der Waals surface area contributed by atoms with Crippen LogP contribution in [0.3, 0.4) is 0 Å². The number of aliphatic carboxylic acids is 1. The van der Waals surface area contributed by atoms with Crippen molar-refractivity contribution in [3.05, 3.63) is 45.7 Å². The second-order valence-electron chi connectivity index (χ2n) is 5.57. The molecule has 24 heavy (non-hydrogen) atoms. The Kier molecular flexibility index (Phi) is 5.51. The standard InChI is InChI=1S/C16H17Cl2N3O3/c1-8-6-13(15(22)19-10(3)9(2)16(23)24)20-21(8)14-5-4-11(17)7-12(14)18/h4-7,9-10H,1-3H3,(H,19,22)(H,23,24). The molecular formula is C16H17Cl2N3O3. The van der Waals surface area contributed by atoms with Gasteiger partial charge < -0.3 is 10.4 Å². The Labute approximate surface area is 149 Å². The van der Waals surface area contributed by atoms with Crippen LogP contribution in [0.2, 0.25) is 10.0 Å². The van der Waals surface area contributed by atoms with Gasteiger partial charge in [-0.3, -0.25) is 9.59 Å². The fourth-order valence-corrected chi connectivity index (χ4v) is 2.59. The quantitative estimate of drug-likeness (QED) is 0.846. The smallest absolute Gasteiger partial charge is 0.308 e. The predicted octanol–water partition coefficient (Wildman–Crippen LogP) is 3.33. The van der Waals surface area contributed by atoms with E-state index in [1.807, 2.05) is 0 Å². The van der Waals surface area contributed by atoms with Crippen molar-refractivity contribution < 1.29 is 14.7 Å². The van der Waals surface area contributed by atoms with E-state index >= 15 is 0 Å². The summed E-state index contributed by atoms with van der Waals surface area (Å²) in [5.41, 5.74) is 1.50. The number of carbonyl (C=O) groups excluding carboxylic acids is 1. The fraction of sp³-hybridized carbons (Fsp3) is 0.312. The molecule has 0 saturated heterocycles. The van der Waals surface area contributed by atoms with Crippen LogP contribution in [0.4, 0.5) is 0 Å². The number of carbonyl (C=O) groups is 2. The molecule has 1 heterocycles. The van der Waals surface area contributed by atoms with Crippen LogP contribution in [0, 0.1) is 12.8 Å². The minimum Gasteiger partial charge on any atom is -0.481 e. The summed E-state index contributed by atoms with van der Waals surface area (Å²) in [6.07, 6.45) is 0. The van der Waals surface area contributed by atoms with Crippen LogP contribution in [-0.4, -0.2) is 32.8 Å². The molecule has 6 nitrogen and oxygen atoms in total. The first-order valence-corrected chi connectivity index (χ1v) is 8.02. The van der Waals surface area contributed by atoms with Gasteiger partial charge in [0.1, 0.15) is 0 Å². The van der Waals surface area contributed by atoms with Crippen LogP contribution in [0.25, 0.3) is 5.69 Å². The summed E-state index contributed by atoms with van der Waals surface area (Å²) in [4.78, 5) is 23.3. The molecule has 1 aromatic heterocycles. The summed E-state index contributed by atoms with van der Waals surface area (Å²) in [6, 6.07) is 6.07. The topological polar surface area (TPSA) is 84.2 Å². The van der Waals surface area contributed by atoms with Crippen molar-refractivity contribution in [2.75, 3.05) is 0 Å². The van der Waals surface area contributed by atoms with E-state index in [0.717, 1.165) is 0 Å². The van der Waals surface area contributed by atoms with Crippen molar-refractivity contribution in [3.63, 3.8) is 0 Å². The van der Waals surface area contributed by atoms with Gasteiger partial charge in [0.05, 0.1) is 16.6 Å². The van der Waals surface area contributed by atoms with Gasteiger partial charge in [-0.2, -0.15) is 5.10 Å². The maximum Gasteiger partial charge on any atom is 0.308 e. The number of benzene rings is 1. The van der Waals surface area contributed by atoms with Crippen LogP contribution in [0.5, 0.6) is 0 Å². The monoisotopic (exact) mass is 369 g/mol. The van der Waals surface area contributed by atoms with Crippen molar-refractivity contribution in [2.45, 2.75) is 26.8 Å². The van der Waals surface area contributed by atoms with Crippen LogP contribution < -0.4 is 5.32 Å². The number of nitrogens with one attached hydrogen (secondary N) is 1. The zero-order valence-corrected chi connectivity index (χ0v) is 14.9. The predicted molar refractivity (Wildman–Crippen MR) is 92.0 cm³/mol. The van der Waals surface area contributed by atoms with Crippen LogP contribution in [0.1, 0.15) is 30.0 Å². The number of carboxylic acid groups (broad SMARTS) is 1. The highest BCUT2D eigenvalue weighted by Gasteiger charge is 2.23. The van der Waals surface area contributed by atoms with Gasteiger partial charge in [-0.25, -0.2) is 4.68 Å². The lowest BCUT2D eigenvalue weighted by molar-refractivity contribution is -0.141. The first-order chi connectivity index (χ1) is 11.2. The van der Waals surface area contributed by atoms with E-state index in [1.54, 1.807) is 42.8 Å². The first kappa shape index (κ1) is 18.3. The molecule has 0 aliphatic heterocycles. The number of halogens is 2. The average Bonchev–Trinajstić information content (AvgIpc) is 2.88. The number of hydrogen-bond donors (Lipinski definition) is 2. The van der Waals surface area contributed by atoms with Gasteiger partial charge in [-0.05, 0) is 45.0 Å². The highest BCUT2D eigenvalue weighted by atomic mass is 35.5. The van der Waals surface area contributed by atoms with Crippen LogP contribution >= 0.6 is 23.2 Å². The van der Waals surface area contributed by atoms with E-state index in [-0.39, 0.29) is 5.69 Å². The molecule has 0 spiro atoms. The number of hydrogen-bond acceptors (Lipinski definition) is 3. The molecule has 0 saturated carbocycles. The number of amides is 1. The lowest BCUT2D eigenvalue weighted by Crippen LogP contribution is -2.40. The highest BCUT2D eigenvalue weighted by molar-refractivity contribution is 6.35. The van der Waals surface area contributed by atoms with Crippen molar-refractivity contribution in [1.82, 2.24) is 15.1 Å². The molecule has 0 radical (unpaired) electrons. The van der Waals surface area contributed by atoms with Crippen molar-refractivity contribution in [1.29, 1.82) is 0 Å². The van der Waals surface area contributed by atoms with Gasteiger partial charge in [-0.15, -0.1) is 0 Å². The second-order valence-corrected chi connectivity index (χ2v) is 6.41. The molecular weight excluding hydrogens is 353 g/mol. The third kappa shape index (κ3) is 3.88. The van der Waals surface area contributed by atoms with E-state index in [4.69, 9.17) is 28.3 Å². The number of rotatable bonds is 5. The second kappa shape index (κ2) is 7.23. The Bertz CT molecular complexity index is 789. The molecule has 1 aromatic carbocycles. The maximum atomic E-state index is 12.3. The zero-order chi connectivity index (χ0) is 18.0. The summed E-state index contributed by atoms with van der Waals surface area (Å²) in [5, 5.41) is 16.8. The zero-order valence-electron chi connectivity index (χ0n) is 13.4. The molecule has 8 heteroatoms. The molecule has 2 unspecified atom stereocenters. The molecule has 2 N–H and O–H groups in total. The van der Waals surface area contributed by atoms with Gasteiger partial charge in [-0.1, -0.05) is 23.2 Å². The third-order valence-electron chi connectivity index (χ3n) is 3.76. The third-order valence-corrected chi connectivity index (χ3v) is 4.29. The van der Waals surface area contributed by atoms with Crippen molar-refractivity contribution in [3.8, 4) is 5.69 Å². The summed E-state index contributed by atoms with van der Waals surface area (Å²) in [7, 11) is 0. The molecule has 2 aromatic rings. The summed E-state index contributed by atoms with van der Waals surface area (Å²) < 4.78 is 1.54. The minimum absolute atomic E-state index is 0.183. The molecule has 0 aliphatic rings. The summed E-state index contributed by atoms with van der Waals surface area (Å²) in [5.74, 6) is -2.12. The van der Waals surface area contributed by atoms with E-state index in [0.29, 0.717) is 21.4 Å². The highest BCUT2D eigenvalue weighted by Crippen LogP contribution is 2.25. The Balaban J connectivity index is 2.25. The van der Waals surface area contributed by atoms with Crippen LogP contribution in [0.15, 0.2) is 24.3 Å².